The van der Waals surface area contributed by atoms with Gasteiger partial charge in [-0.15, -0.1) is 11.3 Å². The molecule has 1 aliphatic rings. The third-order valence-electron chi connectivity index (χ3n) is 5.52. The first-order chi connectivity index (χ1) is 15.4. The van der Waals surface area contributed by atoms with Crippen LogP contribution in [0.25, 0.3) is 10.7 Å². The molecule has 1 amide bonds. The minimum atomic E-state index is -3.60. The van der Waals surface area contributed by atoms with Crippen LogP contribution in [0.2, 0.25) is 0 Å². The Morgan fingerprint density at radius 3 is 2.62 bits per heavy atom. The van der Waals surface area contributed by atoms with E-state index in [0.29, 0.717) is 29.4 Å². The number of anilines is 1. The van der Waals surface area contributed by atoms with Crippen LogP contribution in [0.1, 0.15) is 38.6 Å². The van der Waals surface area contributed by atoms with Gasteiger partial charge in [-0.05, 0) is 61.6 Å². The maximum atomic E-state index is 13.1. The summed E-state index contributed by atoms with van der Waals surface area (Å²) in [6.07, 6.45) is 3.82. The van der Waals surface area contributed by atoms with Crippen molar-refractivity contribution in [1.82, 2.24) is 19.1 Å². The van der Waals surface area contributed by atoms with Crippen LogP contribution in [0.3, 0.4) is 0 Å². The molecule has 1 unspecified atom stereocenters. The number of benzene rings is 1. The van der Waals surface area contributed by atoms with Gasteiger partial charge in [0, 0.05) is 18.8 Å². The van der Waals surface area contributed by atoms with E-state index in [4.69, 9.17) is 12.2 Å². The van der Waals surface area contributed by atoms with Crippen molar-refractivity contribution >= 4 is 45.2 Å². The van der Waals surface area contributed by atoms with Gasteiger partial charge in [-0.25, -0.2) is 8.42 Å². The van der Waals surface area contributed by atoms with Crippen LogP contribution < -0.4 is 5.32 Å². The molecule has 1 saturated heterocycles. The number of aromatic nitrogens is 3. The van der Waals surface area contributed by atoms with Crippen LogP contribution in [0.5, 0.6) is 0 Å². The van der Waals surface area contributed by atoms with E-state index in [-0.39, 0.29) is 10.8 Å². The Balaban J connectivity index is 1.55. The van der Waals surface area contributed by atoms with E-state index >= 15 is 0 Å². The molecule has 1 atom stereocenters. The van der Waals surface area contributed by atoms with Gasteiger partial charge in [-0.1, -0.05) is 25.0 Å². The van der Waals surface area contributed by atoms with Crippen molar-refractivity contribution in [3.05, 3.63) is 46.5 Å². The lowest BCUT2D eigenvalue weighted by atomic mass is 10.2. The topological polar surface area (TPSA) is 100 Å². The fourth-order valence-electron chi connectivity index (χ4n) is 3.77. The third-order valence-corrected chi connectivity index (χ3v) is 8.57. The number of amides is 1. The van der Waals surface area contributed by atoms with E-state index in [1.54, 1.807) is 34.0 Å². The van der Waals surface area contributed by atoms with Crippen molar-refractivity contribution in [3.63, 3.8) is 0 Å². The molecule has 0 radical (unpaired) electrons. The second-order valence-corrected chi connectivity index (χ2v) is 11.0. The van der Waals surface area contributed by atoms with E-state index in [0.717, 1.165) is 30.6 Å². The highest BCUT2D eigenvalue weighted by molar-refractivity contribution is 7.89. The largest absolute Gasteiger partial charge is 0.324 e. The molecule has 3 aromatic rings. The molecule has 11 heteroatoms. The number of hydrogen-bond donors (Lipinski definition) is 2. The average Bonchev–Trinajstić information content (AvgIpc) is 3.35. The predicted molar refractivity (Wildman–Crippen MR) is 128 cm³/mol. The number of aromatic amines is 1. The maximum Gasteiger partial charge on any atom is 0.247 e. The summed E-state index contributed by atoms with van der Waals surface area (Å²) in [5.74, 6) is 0.273. The number of H-pyrrole nitrogens is 1. The number of thiophene rings is 1. The standard InChI is InChI=1S/C21H25N5O3S3/c1-15(26-19(23-24-21(26)30)18-10-7-13-31-18)20(27)22-16-8-6-9-17(14-16)32(28,29)25-11-4-2-3-5-12-25/h6-10,13-15H,2-5,11-12H2,1H3,(H,22,27)(H,24,30). The molecule has 0 bridgehead atoms. The van der Waals surface area contributed by atoms with E-state index in [1.807, 2.05) is 17.5 Å². The molecule has 4 rings (SSSR count). The van der Waals surface area contributed by atoms with Crippen molar-refractivity contribution in [3.8, 4) is 10.7 Å². The van der Waals surface area contributed by atoms with Gasteiger partial charge in [-0.3, -0.25) is 14.5 Å². The molecule has 1 aliphatic heterocycles. The minimum absolute atomic E-state index is 0.184. The van der Waals surface area contributed by atoms with Gasteiger partial charge in [0.05, 0.1) is 9.77 Å². The van der Waals surface area contributed by atoms with Gasteiger partial charge in [0.2, 0.25) is 15.9 Å². The summed E-state index contributed by atoms with van der Waals surface area (Å²) in [6, 6.07) is 9.58. The van der Waals surface area contributed by atoms with Crippen LogP contribution in [-0.4, -0.2) is 46.5 Å². The van der Waals surface area contributed by atoms with E-state index in [1.165, 1.54) is 17.4 Å². The van der Waals surface area contributed by atoms with Crippen LogP contribution in [-0.2, 0) is 14.8 Å². The van der Waals surface area contributed by atoms with Gasteiger partial charge in [-0.2, -0.15) is 9.40 Å². The molecule has 1 fully saturated rings. The van der Waals surface area contributed by atoms with E-state index < -0.39 is 16.1 Å². The fourth-order valence-corrected chi connectivity index (χ4v) is 6.34. The number of nitrogens with zero attached hydrogens (tertiary/aromatic N) is 3. The highest BCUT2D eigenvalue weighted by atomic mass is 32.2. The second-order valence-electron chi connectivity index (χ2n) is 7.71. The van der Waals surface area contributed by atoms with Crippen molar-refractivity contribution < 1.29 is 13.2 Å². The zero-order chi connectivity index (χ0) is 22.7. The average molecular weight is 492 g/mol. The summed E-state index contributed by atoms with van der Waals surface area (Å²) in [7, 11) is -3.60. The number of sulfonamides is 1. The smallest absolute Gasteiger partial charge is 0.247 e. The molecule has 8 nitrogen and oxygen atoms in total. The highest BCUT2D eigenvalue weighted by Gasteiger charge is 2.26. The summed E-state index contributed by atoms with van der Waals surface area (Å²) in [4.78, 5) is 14.1. The number of hydrogen-bond acceptors (Lipinski definition) is 6. The highest BCUT2D eigenvalue weighted by Crippen LogP contribution is 2.27. The molecular weight excluding hydrogens is 466 g/mol. The van der Waals surface area contributed by atoms with E-state index in [2.05, 4.69) is 15.5 Å². The maximum absolute atomic E-state index is 13.1. The second kappa shape index (κ2) is 9.65. The van der Waals surface area contributed by atoms with Gasteiger partial charge in [0.1, 0.15) is 6.04 Å². The molecule has 2 aromatic heterocycles. The summed E-state index contributed by atoms with van der Waals surface area (Å²) in [5.41, 5.74) is 0.422. The molecule has 3 heterocycles. The number of rotatable bonds is 6. The SMILES string of the molecule is CC(C(=O)Nc1cccc(S(=O)(=O)N2CCCCCC2)c1)n1c(-c2cccs2)n[nH]c1=S. The first-order valence-corrected chi connectivity index (χ1v) is 13.2. The molecule has 1 aromatic carbocycles. The Morgan fingerprint density at radius 1 is 1.19 bits per heavy atom. The van der Waals surface area contributed by atoms with Crippen molar-refractivity contribution in [2.24, 2.45) is 0 Å². The van der Waals surface area contributed by atoms with Crippen LogP contribution in [0, 0.1) is 4.77 Å². The first-order valence-electron chi connectivity index (χ1n) is 10.5. The lowest BCUT2D eigenvalue weighted by Crippen LogP contribution is -2.32. The molecule has 32 heavy (non-hydrogen) atoms. The Morgan fingerprint density at radius 2 is 1.94 bits per heavy atom. The van der Waals surface area contributed by atoms with Gasteiger partial charge in [0.15, 0.2) is 10.6 Å². The lowest BCUT2D eigenvalue weighted by molar-refractivity contribution is -0.118. The zero-order valence-electron chi connectivity index (χ0n) is 17.7. The lowest BCUT2D eigenvalue weighted by Gasteiger charge is -2.20. The van der Waals surface area contributed by atoms with Crippen LogP contribution in [0.15, 0.2) is 46.7 Å². The fraction of sp³-hybridized carbons (Fsp3) is 0.381. The first kappa shape index (κ1) is 22.8. The monoisotopic (exact) mass is 491 g/mol. The van der Waals surface area contributed by atoms with Gasteiger partial charge >= 0.3 is 0 Å². The molecular formula is C21H25N5O3S3. The molecule has 0 saturated carbocycles. The van der Waals surface area contributed by atoms with E-state index in [9.17, 15) is 13.2 Å². The summed E-state index contributed by atoms with van der Waals surface area (Å²) < 4.78 is 29.8. The Bertz CT molecular complexity index is 1240. The third kappa shape index (κ3) is 4.70. The minimum Gasteiger partial charge on any atom is -0.324 e. The molecule has 170 valence electrons. The van der Waals surface area contributed by atoms with Crippen molar-refractivity contribution in [1.29, 1.82) is 0 Å². The quantitative estimate of drug-likeness (QED) is 0.497. The number of carbonyl (C=O) groups is 1. The predicted octanol–water partition coefficient (Wildman–Crippen LogP) is 4.43. The van der Waals surface area contributed by atoms with Gasteiger partial charge < -0.3 is 5.32 Å². The summed E-state index contributed by atoms with van der Waals surface area (Å²) in [6.45, 7) is 2.79. The number of nitrogens with one attached hydrogen (secondary N) is 2. The summed E-state index contributed by atoms with van der Waals surface area (Å²) in [5, 5.41) is 11.8. The normalized spacial score (nSPS) is 16.4. The van der Waals surface area contributed by atoms with Crippen LogP contribution in [0.4, 0.5) is 5.69 Å². The Kier molecular flexibility index (Phi) is 6.89. The van der Waals surface area contributed by atoms with Gasteiger partial charge in [0.25, 0.3) is 0 Å². The zero-order valence-corrected chi connectivity index (χ0v) is 20.1. The Hall–Kier alpha value is -2.34. The molecule has 2 N–H and O–H groups in total. The van der Waals surface area contributed by atoms with Crippen molar-refractivity contribution in [2.45, 2.75) is 43.5 Å². The van der Waals surface area contributed by atoms with Crippen LogP contribution >= 0.6 is 23.6 Å². The summed E-state index contributed by atoms with van der Waals surface area (Å²) >= 11 is 6.85. The van der Waals surface area contributed by atoms with Crippen molar-refractivity contribution in [2.75, 3.05) is 18.4 Å². The molecule has 0 spiro atoms. The Labute approximate surface area is 196 Å². The molecule has 0 aliphatic carbocycles. The number of carbonyl (C=O) groups excluding carboxylic acids is 1.